The lowest BCUT2D eigenvalue weighted by Gasteiger charge is -2.11. The van der Waals surface area contributed by atoms with Crippen LogP contribution in [0.3, 0.4) is 0 Å². The highest BCUT2D eigenvalue weighted by atomic mass is 31.1. The van der Waals surface area contributed by atoms with Gasteiger partial charge < -0.3 is 0 Å². The molecule has 0 radical (unpaired) electrons. The topological polar surface area (TPSA) is 0 Å². The minimum absolute atomic E-state index is 0.207. The number of benzene rings is 1. The van der Waals surface area contributed by atoms with Gasteiger partial charge in [-0.1, -0.05) is 46.0 Å². The summed E-state index contributed by atoms with van der Waals surface area (Å²) in [6.45, 7) is 4.36. The summed E-state index contributed by atoms with van der Waals surface area (Å²) in [5.74, 6) is -0.508. The van der Waals surface area contributed by atoms with Gasteiger partial charge in [0.05, 0.1) is 12.3 Å². The van der Waals surface area contributed by atoms with Crippen LogP contribution in [0.1, 0.15) is 65.2 Å². The highest BCUT2D eigenvalue weighted by Gasteiger charge is 2.22. The van der Waals surface area contributed by atoms with E-state index in [0.29, 0.717) is 5.30 Å². The van der Waals surface area contributed by atoms with Crippen LogP contribution in [0.5, 0.6) is 0 Å². The van der Waals surface area contributed by atoms with E-state index in [2.05, 4.69) is 13.8 Å². The maximum atomic E-state index is 13.9. The van der Waals surface area contributed by atoms with Crippen LogP contribution in [0, 0.1) is 11.6 Å². The van der Waals surface area contributed by atoms with Crippen molar-refractivity contribution in [3.8, 4) is 0 Å². The summed E-state index contributed by atoms with van der Waals surface area (Å²) in [7, 11) is -0.937. The molecule has 0 aliphatic heterocycles. The molecule has 1 unspecified atom stereocenters. The summed E-state index contributed by atoms with van der Waals surface area (Å²) < 4.78 is 27.3. The second-order valence-corrected chi connectivity index (χ2v) is 8.59. The molecule has 1 atom stereocenters. The van der Waals surface area contributed by atoms with Crippen molar-refractivity contribution in [3.05, 3.63) is 29.8 Å². The van der Waals surface area contributed by atoms with Gasteiger partial charge in [0.1, 0.15) is 11.1 Å². The van der Waals surface area contributed by atoms with Gasteiger partial charge in [-0.3, -0.25) is 0 Å². The Morgan fingerprint density at radius 3 is 2.14 bits per heavy atom. The minimum Gasteiger partial charge on any atom is -0.207 e. The lowest BCUT2D eigenvalue weighted by molar-refractivity contribution is 0.602. The first-order valence-electron chi connectivity index (χ1n) is 8.49. The Labute approximate surface area is 130 Å². The average molecular weight is 315 g/mol. The number of hydrogen-bond acceptors (Lipinski definition) is 0. The molecule has 1 aromatic carbocycles. The molecule has 0 bridgehead atoms. The van der Waals surface area contributed by atoms with Crippen LogP contribution < -0.4 is 5.30 Å². The zero-order valence-electron chi connectivity index (χ0n) is 13.6. The number of hydrogen-bond donors (Lipinski definition) is 0. The van der Waals surface area contributed by atoms with Gasteiger partial charge >= 0.3 is 0 Å². The molecule has 0 spiro atoms. The molecule has 3 heteroatoms. The van der Waals surface area contributed by atoms with Crippen molar-refractivity contribution in [3.63, 3.8) is 0 Å². The molecular weight excluding hydrogens is 285 g/mol. The molecule has 0 heterocycles. The number of unbranched alkanes of at least 4 members (excludes halogenated alkanes) is 6. The standard InChI is InChI=1S/C18H29F2P/c1-3-5-6-7-8-9-10-14-21(13-4-2)18-15-16(19)11-12-17(18)20/h11-12,15H,3-10,13-14H2,1-2H3/p+1. The predicted molar refractivity (Wildman–Crippen MR) is 92.3 cm³/mol. The molecule has 120 valence electrons. The van der Waals surface area contributed by atoms with Crippen LogP contribution in [0.25, 0.3) is 0 Å². The molecule has 1 rings (SSSR count). The van der Waals surface area contributed by atoms with E-state index in [-0.39, 0.29) is 11.6 Å². The zero-order chi connectivity index (χ0) is 15.5. The third-order valence-electron chi connectivity index (χ3n) is 3.94. The van der Waals surface area contributed by atoms with Crippen molar-refractivity contribution in [2.75, 3.05) is 12.3 Å². The second-order valence-electron chi connectivity index (χ2n) is 5.85. The first-order chi connectivity index (χ1) is 10.2. The van der Waals surface area contributed by atoms with E-state index in [1.165, 1.54) is 56.7 Å². The Balaban J connectivity index is 2.41. The van der Waals surface area contributed by atoms with Crippen molar-refractivity contribution in [2.24, 2.45) is 0 Å². The molecule has 0 fully saturated rings. The first-order valence-corrected chi connectivity index (χ1v) is 10.4. The summed E-state index contributed by atoms with van der Waals surface area (Å²) >= 11 is 0. The number of rotatable bonds is 11. The van der Waals surface area contributed by atoms with Gasteiger partial charge in [-0.25, -0.2) is 8.78 Å². The highest BCUT2D eigenvalue weighted by molar-refractivity contribution is 7.65. The second kappa shape index (κ2) is 11.1. The van der Waals surface area contributed by atoms with Crippen molar-refractivity contribution >= 4 is 13.2 Å². The van der Waals surface area contributed by atoms with Crippen LogP contribution in [-0.4, -0.2) is 12.3 Å². The molecule has 0 N–H and O–H groups in total. The van der Waals surface area contributed by atoms with Crippen molar-refractivity contribution in [1.82, 2.24) is 0 Å². The van der Waals surface area contributed by atoms with Gasteiger partial charge in [0.25, 0.3) is 0 Å². The molecule has 0 aromatic heterocycles. The van der Waals surface area contributed by atoms with E-state index in [1.807, 2.05) is 0 Å². The zero-order valence-corrected chi connectivity index (χ0v) is 14.6. The Kier molecular flexibility index (Phi) is 9.83. The lowest BCUT2D eigenvalue weighted by atomic mass is 10.1. The lowest BCUT2D eigenvalue weighted by Crippen LogP contribution is -2.12. The van der Waals surface area contributed by atoms with Crippen molar-refractivity contribution in [2.45, 2.75) is 65.2 Å². The Bertz CT molecular complexity index is 393. The molecule has 0 amide bonds. The third-order valence-corrected chi connectivity index (χ3v) is 7.15. The van der Waals surface area contributed by atoms with E-state index in [1.54, 1.807) is 0 Å². The number of halogens is 2. The minimum atomic E-state index is -0.937. The van der Waals surface area contributed by atoms with Gasteiger partial charge in [-0.15, -0.1) is 0 Å². The molecule has 21 heavy (non-hydrogen) atoms. The fourth-order valence-electron chi connectivity index (χ4n) is 2.76. The highest BCUT2D eigenvalue weighted by Crippen LogP contribution is 2.37. The van der Waals surface area contributed by atoms with Crippen LogP contribution in [-0.2, 0) is 0 Å². The molecule has 0 aliphatic carbocycles. The van der Waals surface area contributed by atoms with Crippen LogP contribution in [0.15, 0.2) is 18.2 Å². The maximum absolute atomic E-state index is 13.9. The predicted octanol–water partition coefficient (Wildman–Crippen LogP) is 5.96. The molecule has 1 aromatic rings. The van der Waals surface area contributed by atoms with Crippen molar-refractivity contribution < 1.29 is 8.78 Å². The van der Waals surface area contributed by atoms with E-state index < -0.39 is 7.92 Å². The molecule has 0 nitrogen and oxygen atoms in total. The normalized spacial score (nSPS) is 12.6. The summed E-state index contributed by atoms with van der Waals surface area (Å²) in [5.41, 5.74) is 0. The van der Waals surface area contributed by atoms with Crippen LogP contribution in [0.2, 0.25) is 0 Å². The van der Waals surface area contributed by atoms with Crippen LogP contribution in [0.4, 0.5) is 8.78 Å². The average Bonchev–Trinajstić information content (AvgIpc) is 2.48. The SMILES string of the molecule is CCCCCCCCC[PH+](CCC)c1cc(F)ccc1F. The monoisotopic (exact) mass is 315 g/mol. The fourth-order valence-corrected chi connectivity index (χ4v) is 5.59. The Morgan fingerprint density at radius 1 is 0.810 bits per heavy atom. The summed E-state index contributed by atoms with van der Waals surface area (Å²) in [5, 5.41) is 0.674. The summed E-state index contributed by atoms with van der Waals surface area (Å²) in [6.07, 6.45) is 12.1. The van der Waals surface area contributed by atoms with Gasteiger partial charge in [-0.2, -0.15) is 0 Å². The summed E-state index contributed by atoms with van der Waals surface area (Å²) in [6, 6.07) is 3.94. The molecular formula is C18H30F2P+. The van der Waals surface area contributed by atoms with Gasteiger partial charge in [-0.05, 0) is 31.4 Å². The summed E-state index contributed by atoms with van der Waals surface area (Å²) in [4.78, 5) is 0. The molecule has 0 aliphatic rings. The Morgan fingerprint density at radius 2 is 1.48 bits per heavy atom. The van der Waals surface area contributed by atoms with E-state index >= 15 is 0 Å². The van der Waals surface area contributed by atoms with Gasteiger partial charge in [0.15, 0.2) is 5.82 Å². The van der Waals surface area contributed by atoms with E-state index in [9.17, 15) is 8.78 Å². The Hall–Kier alpha value is -0.490. The quantitative estimate of drug-likeness (QED) is 0.349. The van der Waals surface area contributed by atoms with Crippen LogP contribution >= 0.6 is 7.92 Å². The van der Waals surface area contributed by atoms with Crippen molar-refractivity contribution in [1.29, 1.82) is 0 Å². The van der Waals surface area contributed by atoms with Gasteiger partial charge in [0, 0.05) is 14.0 Å². The van der Waals surface area contributed by atoms with E-state index in [4.69, 9.17) is 0 Å². The van der Waals surface area contributed by atoms with E-state index in [0.717, 1.165) is 25.2 Å². The maximum Gasteiger partial charge on any atom is 0.165 e. The largest absolute Gasteiger partial charge is 0.207 e. The molecule has 0 saturated heterocycles. The third kappa shape index (κ3) is 7.36. The molecule has 0 saturated carbocycles. The van der Waals surface area contributed by atoms with Gasteiger partial charge in [0.2, 0.25) is 0 Å². The smallest absolute Gasteiger partial charge is 0.165 e. The first kappa shape index (κ1) is 18.6. The fraction of sp³-hybridized carbons (Fsp3) is 0.667.